The molecule has 398 valence electrons. The van der Waals surface area contributed by atoms with Gasteiger partial charge in [-0.2, -0.15) is 0 Å². The lowest BCUT2D eigenvalue weighted by atomic mass is 9.77. The lowest BCUT2D eigenvalue weighted by Crippen LogP contribution is -2.61. The molecule has 0 bridgehead atoms. The lowest BCUT2D eigenvalue weighted by molar-refractivity contribution is -0.298. The van der Waals surface area contributed by atoms with E-state index in [2.05, 4.69) is 15.5 Å². The topological polar surface area (TPSA) is 217 Å². The zero-order valence-electron chi connectivity index (χ0n) is 43.4. The van der Waals surface area contributed by atoms with Gasteiger partial charge in [-0.15, -0.1) is 0 Å². The van der Waals surface area contributed by atoms with Gasteiger partial charge in [-0.1, -0.05) is 32.9 Å². The quantitative estimate of drug-likeness (QED) is 0.0721. The van der Waals surface area contributed by atoms with Crippen molar-refractivity contribution < 1.29 is 65.8 Å². The van der Waals surface area contributed by atoms with E-state index in [0.29, 0.717) is 31.6 Å². The molecular formula is C49H85F2N5O12S. The predicted molar refractivity (Wildman–Crippen MR) is 259 cm³/mol. The van der Waals surface area contributed by atoms with Gasteiger partial charge >= 0.3 is 5.97 Å². The summed E-state index contributed by atoms with van der Waals surface area (Å²) in [4.78, 5) is 47.3. The molecule has 1 aromatic carbocycles. The third kappa shape index (κ3) is 16.9. The highest BCUT2D eigenvalue weighted by Crippen LogP contribution is 2.39. The Morgan fingerprint density at radius 1 is 1.04 bits per heavy atom. The van der Waals surface area contributed by atoms with Crippen LogP contribution in [0.1, 0.15) is 93.1 Å². The number of hydrogen-bond acceptors (Lipinski definition) is 16. The number of ether oxygens (including phenoxy) is 4. The Hall–Kier alpha value is -2.76. The van der Waals surface area contributed by atoms with Crippen LogP contribution < -0.4 is 10.6 Å². The van der Waals surface area contributed by atoms with Crippen LogP contribution in [0.2, 0.25) is 0 Å². The number of carbonyl (C=O) groups is 3. The van der Waals surface area contributed by atoms with Gasteiger partial charge in [-0.25, -0.2) is 22.0 Å². The molecule has 17 nitrogen and oxygen atoms in total. The third-order valence-corrected chi connectivity index (χ3v) is 15.0. The van der Waals surface area contributed by atoms with Crippen LogP contribution in [-0.2, 0) is 49.6 Å². The number of cyclic esters (lactones) is 1. The number of benzene rings is 1. The Labute approximate surface area is 410 Å². The van der Waals surface area contributed by atoms with Gasteiger partial charge in [0.15, 0.2) is 21.9 Å². The van der Waals surface area contributed by atoms with Crippen LogP contribution in [0.15, 0.2) is 29.2 Å². The molecule has 1 aromatic rings. The number of nitrogens with one attached hydrogen (secondary N) is 2. The molecule has 2 fully saturated rings. The molecule has 69 heavy (non-hydrogen) atoms. The number of esters is 1. The molecule has 14 atom stereocenters. The monoisotopic (exact) mass is 1010 g/mol. The average molecular weight is 1010 g/mol. The Morgan fingerprint density at radius 2 is 1.68 bits per heavy atom. The van der Waals surface area contributed by atoms with Crippen LogP contribution >= 0.6 is 0 Å². The van der Waals surface area contributed by atoms with Gasteiger partial charge in [0, 0.05) is 50.3 Å². The van der Waals surface area contributed by atoms with E-state index in [4.69, 9.17) is 18.9 Å². The van der Waals surface area contributed by atoms with Gasteiger partial charge in [0.25, 0.3) is 5.67 Å². The molecule has 2 aliphatic heterocycles. The summed E-state index contributed by atoms with van der Waals surface area (Å²) in [6.45, 7) is 14.2. The van der Waals surface area contributed by atoms with E-state index in [9.17, 15) is 42.5 Å². The van der Waals surface area contributed by atoms with E-state index in [1.807, 2.05) is 25.9 Å². The first kappa shape index (κ1) is 60.5. The van der Waals surface area contributed by atoms with Crippen LogP contribution in [0.4, 0.5) is 8.78 Å². The Balaban J connectivity index is 1.96. The van der Waals surface area contributed by atoms with E-state index < -0.39 is 112 Å². The number of ketones is 1. The van der Waals surface area contributed by atoms with Crippen LogP contribution in [0.5, 0.6) is 0 Å². The smallest absolute Gasteiger partial charge is 0.351 e. The molecule has 2 heterocycles. The SMILES string of the molecule is CC[C@H]1OC(=O)C(C)(F)C(=O)[C@H](C)[C@@H](O[C@@H]2O[C@H](C)C[C@H](N(C)CCC(=O)NC(CF)Cc3ccc(S(C)(=O)=O)cc3)[C@H]2O)C(C)(OCCNCCCN(C)C)C[C@@H](C)CN(C)[C@H](C)[C@@H](O)C1(C)O. The molecular weight excluding hydrogens is 921 g/mol. The molecule has 5 N–H and O–H groups in total. The summed E-state index contributed by atoms with van der Waals surface area (Å²) in [7, 11) is 4.08. The van der Waals surface area contributed by atoms with Crippen molar-refractivity contribution in [1.29, 1.82) is 0 Å². The maximum absolute atomic E-state index is 17.0. The fourth-order valence-electron chi connectivity index (χ4n) is 9.67. The van der Waals surface area contributed by atoms with E-state index in [0.717, 1.165) is 26.1 Å². The molecule has 3 rings (SSSR count). The molecule has 4 unspecified atom stereocenters. The van der Waals surface area contributed by atoms with Crippen molar-refractivity contribution in [2.45, 2.75) is 171 Å². The van der Waals surface area contributed by atoms with Gasteiger partial charge < -0.3 is 59.6 Å². The van der Waals surface area contributed by atoms with Crippen LogP contribution in [0.25, 0.3) is 0 Å². The average Bonchev–Trinajstić information content (AvgIpc) is 3.27. The lowest BCUT2D eigenvalue weighted by Gasteiger charge is -2.47. The molecule has 2 saturated heterocycles. The Kier molecular flexibility index (Phi) is 23.0. The Bertz CT molecular complexity index is 1900. The molecule has 0 spiro atoms. The van der Waals surface area contributed by atoms with Crippen molar-refractivity contribution in [2.75, 3.05) is 80.5 Å². The number of carbonyl (C=O) groups excluding carboxylic acids is 3. The molecule has 0 aromatic heterocycles. The zero-order valence-corrected chi connectivity index (χ0v) is 44.2. The van der Waals surface area contributed by atoms with Gasteiger partial charge in [0.05, 0.1) is 35.4 Å². The summed E-state index contributed by atoms with van der Waals surface area (Å²) in [5.41, 5.74) is -6.04. The first-order valence-electron chi connectivity index (χ1n) is 24.4. The summed E-state index contributed by atoms with van der Waals surface area (Å²) in [5.74, 6) is -4.82. The van der Waals surface area contributed by atoms with Gasteiger partial charge in [0.1, 0.15) is 30.6 Å². The van der Waals surface area contributed by atoms with Crippen LogP contribution in [-0.4, -0.2) is 208 Å². The maximum atomic E-state index is 17.0. The second-order valence-electron chi connectivity index (χ2n) is 20.6. The standard InChI is InChI=1S/C49H85F2N5O12S/c1-14-39-49(8,62)43(60)34(5)56(12)30-31(2)28-47(6,65-25-22-52-21-15-23-54(9)10)44(33(4)42(59)48(7,51)46(61)67-39)68-45-41(58)38(26-32(3)66-45)55(11)24-20-40(57)53-36(29-50)27-35-16-18-37(19-17-35)69(13,63)64/h16-19,31-34,36,38-39,41,43-45,52,58,60,62H,14-15,20-30H2,1-13H3,(H,53,57)/t31-,32-,33+,34-,36?,38+,39-,41-,43-,44-,45+,47?,48?,49?/m1/s1. The number of aliphatic hydroxyl groups excluding tert-OH is 2. The van der Waals surface area contributed by atoms with Crippen molar-refractivity contribution >= 4 is 27.5 Å². The number of sulfone groups is 1. The van der Waals surface area contributed by atoms with E-state index in [1.54, 1.807) is 58.8 Å². The van der Waals surface area contributed by atoms with Crippen LogP contribution in [0, 0.1) is 11.8 Å². The van der Waals surface area contributed by atoms with Crippen molar-refractivity contribution in [2.24, 2.45) is 11.8 Å². The first-order valence-corrected chi connectivity index (χ1v) is 26.3. The van der Waals surface area contributed by atoms with E-state index in [-0.39, 0.29) is 49.6 Å². The van der Waals surface area contributed by atoms with Gasteiger partial charge in [0.2, 0.25) is 5.91 Å². The number of amides is 1. The summed E-state index contributed by atoms with van der Waals surface area (Å²) in [6, 6.07) is 3.85. The maximum Gasteiger partial charge on any atom is 0.351 e. The third-order valence-electron chi connectivity index (χ3n) is 13.9. The van der Waals surface area contributed by atoms with Gasteiger partial charge in [-0.3, -0.25) is 9.59 Å². The number of rotatable bonds is 20. The largest absolute Gasteiger partial charge is 0.457 e. The van der Waals surface area contributed by atoms with Crippen molar-refractivity contribution in [3.05, 3.63) is 29.8 Å². The Morgan fingerprint density at radius 3 is 2.26 bits per heavy atom. The summed E-state index contributed by atoms with van der Waals surface area (Å²) < 4.78 is 80.2. The second-order valence-corrected chi connectivity index (χ2v) is 22.6. The number of hydrogen-bond donors (Lipinski definition) is 5. The summed E-state index contributed by atoms with van der Waals surface area (Å²) in [5, 5.41) is 41.3. The van der Waals surface area contributed by atoms with Crippen molar-refractivity contribution in [1.82, 2.24) is 25.3 Å². The zero-order chi connectivity index (χ0) is 52.2. The van der Waals surface area contributed by atoms with Crippen molar-refractivity contribution in [3.8, 4) is 0 Å². The minimum atomic E-state index is -3.41. The molecule has 20 heteroatoms. The summed E-state index contributed by atoms with van der Waals surface area (Å²) >= 11 is 0. The second kappa shape index (κ2) is 26.3. The normalized spacial score (nSPS) is 34.3. The number of aliphatic hydroxyl groups is 3. The number of Topliss-reactive ketones (excluding diaryl/α,β-unsaturated/α-hetero) is 1. The minimum Gasteiger partial charge on any atom is -0.457 e. The predicted octanol–water partition coefficient (Wildman–Crippen LogP) is 2.70. The van der Waals surface area contributed by atoms with E-state index in [1.165, 1.54) is 26.0 Å². The highest BCUT2D eigenvalue weighted by atomic mass is 32.2. The number of halogens is 2. The van der Waals surface area contributed by atoms with Crippen LogP contribution in [0.3, 0.4) is 0 Å². The minimum absolute atomic E-state index is 0.00215. The fraction of sp³-hybridized carbons (Fsp3) is 0.816. The fourth-order valence-corrected chi connectivity index (χ4v) is 10.3. The van der Waals surface area contributed by atoms with Gasteiger partial charge in [-0.05, 0) is 132 Å². The number of alkyl halides is 2. The molecule has 0 aliphatic carbocycles. The highest BCUT2D eigenvalue weighted by molar-refractivity contribution is 7.90. The highest BCUT2D eigenvalue weighted by Gasteiger charge is 2.55. The molecule has 0 saturated carbocycles. The number of nitrogens with zero attached hydrogens (tertiary/aromatic N) is 3. The summed E-state index contributed by atoms with van der Waals surface area (Å²) in [6.07, 6.45) is -4.88. The molecule has 1 amide bonds. The van der Waals surface area contributed by atoms with Crippen molar-refractivity contribution in [3.63, 3.8) is 0 Å². The molecule has 0 radical (unpaired) electrons. The molecule has 2 aliphatic rings. The first-order chi connectivity index (χ1) is 32.0. The number of likely N-dealkylation sites (N-methyl/N-ethyl adjacent to an activating group) is 2. The van der Waals surface area contributed by atoms with E-state index >= 15 is 4.39 Å².